The Balaban J connectivity index is 1.57. The largest absolute Gasteiger partial charge is 0.352 e. The fourth-order valence-electron chi connectivity index (χ4n) is 4.68. The van der Waals surface area contributed by atoms with E-state index in [2.05, 4.69) is 53.1 Å². The molecule has 2 aromatic heterocycles. The Bertz CT molecular complexity index is 1150. The van der Waals surface area contributed by atoms with E-state index >= 15 is 0 Å². The van der Waals surface area contributed by atoms with Crippen LogP contribution in [0, 0.1) is 26.7 Å². The molecule has 0 saturated heterocycles. The van der Waals surface area contributed by atoms with Gasteiger partial charge in [-0.2, -0.15) is 5.10 Å². The third-order valence-corrected chi connectivity index (χ3v) is 6.74. The van der Waals surface area contributed by atoms with Crippen LogP contribution in [-0.4, -0.2) is 26.3 Å². The maximum Gasteiger partial charge on any atom is 0.276 e. The zero-order valence-electron chi connectivity index (χ0n) is 18.9. The molecule has 1 fully saturated rings. The number of carbonyl (C=O) groups excluding carboxylic acids is 1. The van der Waals surface area contributed by atoms with Crippen molar-refractivity contribution in [3.63, 3.8) is 0 Å². The fraction of sp³-hybridized carbons (Fsp3) is 0.480. The molecule has 1 saturated carbocycles. The van der Waals surface area contributed by atoms with Gasteiger partial charge in [0.15, 0.2) is 0 Å². The summed E-state index contributed by atoms with van der Waals surface area (Å²) in [6.45, 7) is 8.98. The highest BCUT2D eigenvalue weighted by atomic mass is 16.2. The Morgan fingerprint density at radius 2 is 1.74 bits per heavy atom. The number of rotatable bonds is 5. The average Bonchev–Trinajstić information content (AvgIpc) is 2.98. The minimum Gasteiger partial charge on any atom is -0.352 e. The van der Waals surface area contributed by atoms with Crippen LogP contribution < -0.4 is 10.9 Å². The van der Waals surface area contributed by atoms with Crippen LogP contribution in [0.15, 0.2) is 35.3 Å². The Morgan fingerprint density at radius 1 is 1.06 bits per heavy atom. The fourth-order valence-corrected chi connectivity index (χ4v) is 4.68. The minimum absolute atomic E-state index is 0.0392. The van der Waals surface area contributed by atoms with Crippen LogP contribution >= 0.6 is 0 Å². The van der Waals surface area contributed by atoms with Gasteiger partial charge < -0.3 is 9.88 Å². The maximum absolute atomic E-state index is 13.2. The van der Waals surface area contributed by atoms with Crippen LogP contribution in [0.2, 0.25) is 0 Å². The van der Waals surface area contributed by atoms with E-state index in [1.807, 2.05) is 13.8 Å². The number of hydrogen-bond acceptors (Lipinski definition) is 3. The van der Waals surface area contributed by atoms with Crippen molar-refractivity contribution in [2.45, 2.75) is 72.5 Å². The molecule has 2 heterocycles. The minimum atomic E-state index is -0.201. The average molecular weight is 421 g/mol. The second kappa shape index (κ2) is 8.69. The van der Waals surface area contributed by atoms with E-state index in [9.17, 15) is 9.59 Å². The third kappa shape index (κ3) is 4.43. The highest BCUT2D eigenvalue weighted by Gasteiger charge is 2.21. The van der Waals surface area contributed by atoms with Crippen molar-refractivity contribution in [1.29, 1.82) is 0 Å². The van der Waals surface area contributed by atoms with Gasteiger partial charge in [0.25, 0.3) is 5.56 Å². The Labute approximate surface area is 183 Å². The molecule has 1 N–H and O–H groups in total. The number of carbonyl (C=O) groups is 1. The molecular weight excluding hydrogens is 388 g/mol. The predicted molar refractivity (Wildman–Crippen MR) is 123 cm³/mol. The number of nitrogens with one attached hydrogen (secondary N) is 1. The molecule has 4 rings (SSSR count). The molecule has 0 radical (unpaired) electrons. The van der Waals surface area contributed by atoms with Gasteiger partial charge in [-0.15, -0.1) is 0 Å². The molecule has 31 heavy (non-hydrogen) atoms. The van der Waals surface area contributed by atoms with E-state index in [1.54, 1.807) is 6.20 Å². The van der Waals surface area contributed by atoms with Crippen LogP contribution in [0.3, 0.4) is 0 Å². The SMILES string of the molecule is Cc1ccc(Cn2c(C)c3cnn(CC(=O)NC4CCC(C)CC4)c(=O)c3c2C)cc1. The lowest BCUT2D eigenvalue weighted by Crippen LogP contribution is -2.41. The monoisotopic (exact) mass is 420 g/mol. The van der Waals surface area contributed by atoms with E-state index in [-0.39, 0.29) is 24.1 Å². The summed E-state index contributed by atoms with van der Waals surface area (Å²) in [6, 6.07) is 8.65. The van der Waals surface area contributed by atoms with Crippen LogP contribution in [0.4, 0.5) is 0 Å². The van der Waals surface area contributed by atoms with Crippen molar-refractivity contribution in [3.05, 3.63) is 63.3 Å². The topological polar surface area (TPSA) is 68.9 Å². The van der Waals surface area contributed by atoms with Crippen LogP contribution in [0.25, 0.3) is 10.8 Å². The second-order valence-corrected chi connectivity index (χ2v) is 9.16. The molecule has 1 aliphatic carbocycles. The summed E-state index contributed by atoms with van der Waals surface area (Å²) >= 11 is 0. The molecule has 0 spiro atoms. The van der Waals surface area contributed by atoms with Crippen LogP contribution in [0.1, 0.15) is 55.1 Å². The summed E-state index contributed by atoms with van der Waals surface area (Å²) in [5.41, 5.74) is 4.14. The molecule has 1 amide bonds. The number of hydrogen-bond donors (Lipinski definition) is 1. The van der Waals surface area contributed by atoms with Gasteiger partial charge in [-0.3, -0.25) is 9.59 Å². The van der Waals surface area contributed by atoms with Crippen molar-refractivity contribution >= 4 is 16.7 Å². The number of amides is 1. The molecule has 164 valence electrons. The first-order valence-electron chi connectivity index (χ1n) is 11.2. The molecule has 0 aliphatic heterocycles. The lowest BCUT2D eigenvalue weighted by Gasteiger charge is -2.26. The predicted octanol–water partition coefficient (Wildman–Crippen LogP) is 3.87. The normalized spacial score (nSPS) is 19.0. The lowest BCUT2D eigenvalue weighted by molar-refractivity contribution is -0.122. The van der Waals surface area contributed by atoms with Gasteiger partial charge in [0.1, 0.15) is 6.54 Å². The molecule has 1 aromatic carbocycles. The molecule has 0 atom stereocenters. The lowest BCUT2D eigenvalue weighted by atomic mass is 9.87. The Kier molecular flexibility index (Phi) is 5.99. The number of aromatic nitrogens is 3. The first kappa shape index (κ1) is 21.3. The first-order valence-corrected chi connectivity index (χ1v) is 11.2. The summed E-state index contributed by atoms with van der Waals surface area (Å²) in [5.74, 6) is 0.594. The number of aryl methyl sites for hydroxylation is 3. The quantitative estimate of drug-likeness (QED) is 0.681. The summed E-state index contributed by atoms with van der Waals surface area (Å²) in [7, 11) is 0. The Morgan fingerprint density at radius 3 is 2.42 bits per heavy atom. The summed E-state index contributed by atoms with van der Waals surface area (Å²) in [4.78, 5) is 25.7. The first-order chi connectivity index (χ1) is 14.8. The van der Waals surface area contributed by atoms with Crippen LogP contribution in [-0.2, 0) is 17.9 Å². The van der Waals surface area contributed by atoms with Gasteiger partial charge in [-0.05, 0) is 57.9 Å². The van der Waals surface area contributed by atoms with Gasteiger partial charge in [0.2, 0.25) is 5.91 Å². The number of nitrogens with zero attached hydrogens (tertiary/aromatic N) is 3. The maximum atomic E-state index is 13.2. The highest BCUT2D eigenvalue weighted by Crippen LogP contribution is 2.24. The summed E-state index contributed by atoms with van der Waals surface area (Å²) in [5, 5.41) is 8.91. The molecular formula is C25H32N4O2. The standard InChI is InChI=1S/C25H32N4O2/c1-16-5-9-20(10-6-16)14-28-18(3)22-13-26-29(25(31)24(22)19(28)4)15-23(30)27-21-11-7-17(2)8-12-21/h5-6,9-10,13,17,21H,7-8,11-12,14-15H2,1-4H3,(H,27,30). The van der Waals surface area contributed by atoms with Crippen molar-refractivity contribution in [2.24, 2.45) is 5.92 Å². The molecule has 6 heteroatoms. The van der Waals surface area contributed by atoms with E-state index in [0.29, 0.717) is 11.9 Å². The van der Waals surface area contributed by atoms with Crippen molar-refractivity contribution in [2.75, 3.05) is 0 Å². The van der Waals surface area contributed by atoms with Crippen molar-refractivity contribution < 1.29 is 4.79 Å². The van der Waals surface area contributed by atoms with E-state index in [1.165, 1.54) is 15.8 Å². The van der Waals surface area contributed by atoms with Gasteiger partial charge in [-0.25, -0.2) is 4.68 Å². The smallest absolute Gasteiger partial charge is 0.276 e. The van der Waals surface area contributed by atoms with Gasteiger partial charge in [0.05, 0.1) is 11.6 Å². The van der Waals surface area contributed by atoms with E-state index in [0.717, 1.165) is 48.4 Å². The second-order valence-electron chi connectivity index (χ2n) is 9.16. The van der Waals surface area contributed by atoms with E-state index in [4.69, 9.17) is 0 Å². The van der Waals surface area contributed by atoms with Gasteiger partial charge in [0, 0.05) is 29.4 Å². The van der Waals surface area contributed by atoms with E-state index < -0.39 is 0 Å². The van der Waals surface area contributed by atoms with Crippen molar-refractivity contribution in [1.82, 2.24) is 19.7 Å². The Hall–Kier alpha value is -2.89. The number of benzene rings is 1. The zero-order chi connectivity index (χ0) is 22.1. The summed E-state index contributed by atoms with van der Waals surface area (Å²) in [6.07, 6.45) is 6.02. The molecule has 1 aliphatic rings. The van der Waals surface area contributed by atoms with Crippen LogP contribution in [0.5, 0.6) is 0 Å². The van der Waals surface area contributed by atoms with Gasteiger partial charge in [-0.1, -0.05) is 36.8 Å². The third-order valence-electron chi connectivity index (χ3n) is 6.74. The molecule has 3 aromatic rings. The molecule has 0 unspecified atom stereocenters. The highest BCUT2D eigenvalue weighted by molar-refractivity contribution is 5.87. The molecule has 0 bridgehead atoms. The summed E-state index contributed by atoms with van der Waals surface area (Å²) < 4.78 is 3.46. The zero-order valence-corrected chi connectivity index (χ0v) is 18.9. The van der Waals surface area contributed by atoms with Crippen molar-refractivity contribution in [3.8, 4) is 0 Å². The molecule has 6 nitrogen and oxygen atoms in total. The number of fused-ring (bicyclic) bond motifs is 1. The van der Waals surface area contributed by atoms with Gasteiger partial charge >= 0.3 is 0 Å².